The summed E-state index contributed by atoms with van der Waals surface area (Å²) in [7, 11) is 0. The van der Waals surface area contributed by atoms with E-state index in [1.165, 1.54) is 0 Å². The first-order valence-corrected chi connectivity index (χ1v) is 3.25. The molecule has 1 N–H and O–H groups in total. The zero-order chi connectivity index (χ0) is 6.97. The van der Waals surface area contributed by atoms with Gasteiger partial charge in [0.15, 0.2) is 5.78 Å². The Hall–Kier alpha value is -1.31. The molecule has 0 aromatic rings. The lowest BCUT2D eigenvalue weighted by Crippen LogP contribution is -2.16. The van der Waals surface area contributed by atoms with Crippen LogP contribution in [0.3, 0.4) is 0 Å². The van der Waals surface area contributed by atoms with Crippen LogP contribution in [0.15, 0.2) is 35.6 Å². The maximum atomic E-state index is 11.0. The summed E-state index contributed by atoms with van der Waals surface area (Å²) >= 11 is 0. The van der Waals surface area contributed by atoms with E-state index < -0.39 is 0 Å². The number of ketones is 1. The highest BCUT2D eigenvalue weighted by Crippen LogP contribution is 2.16. The van der Waals surface area contributed by atoms with Crippen LogP contribution < -0.4 is 5.32 Å². The number of nitrogens with one attached hydrogen (secondary N) is 1. The van der Waals surface area contributed by atoms with E-state index in [0.717, 1.165) is 17.8 Å². The lowest BCUT2D eigenvalue weighted by atomic mass is 10.1. The Balaban J connectivity index is 2.46. The van der Waals surface area contributed by atoms with Gasteiger partial charge in [-0.25, -0.2) is 0 Å². The Morgan fingerprint density at radius 1 is 1.30 bits per heavy atom. The zero-order valence-electron chi connectivity index (χ0n) is 5.42. The molecule has 0 atom stereocenters. The van der Waals surface area contributed by atoms with Crippen molar-refractivity contribution in [1.82, 2.24) is 5.32 Å². The van der Waals surface area contributed by atoms with Crippen LogP contribution in [0.25, 0.3) is 0 Å². The summed E-state index contributed by atoms with van der Waals surface area (Å²) in [5.41, 5.74) is 1.76. The van der Waals surface area contributed by atoms with Crippen LogP contribution in [0.5, 0.6) is 0 Å². The Morgan fingerprint density at radius 2 is 2.20 bits per heavy atom. The fourth-order valence-corrected chi connectivity index (χ4v) is 1.14. The van der Waals surface area contributed by atoms with Gasteiger partial charge >= 0.3 is 0 Å². The highest BCUT2D eigenvalue weighted by Gasteiger charge is 2.15. The summed E-state index contributed by atoms with van der Waals surface area (Å²) in [6.07, 6.45) is 7.23. The second kappa shape index (κ2) is 1.84. The zero-order valence-corrected chi connectivity index (χ0v) is 5.42. The lowest BCUT2D eigenvalue weighted by molar-refractivity contribution is -0.110. The third-order valence-electron chi connectivity index (χ3n) is 1.65. The van der Waals surface area contributed by atoms with E-state index in [4.69, 9.17) is 0 Å². The number of allylic oxidation sites excluding steroid dienone is 4. The minimum Gasteiger partial charge on any atom is -0.381 e. The van der Waals surface area contributed by atoms with Crippen LogP contribution in [0.1, 0.15) is 0 Å². The van der Waals surface area contributed by atoms with Crippen LogP contribution in [0.2, 0.25) is 0 Å². The number of rotatable bonds is 0. The van der Waals surface area contributed by atoms with E-state index >= 15 is 0 Å². The predicted octanol–water partition coefficient (Wildman–Crippen LogP) is 0.539. The van der Waals surface area contributed by atoms with Crippen molar-refractivity contribution in [2.24, 2.45) is 0 Å². The quantitative estimate of drug-likeness (QED) is 0.522. The number of hydrogen-bond acceptors (Lipinski definition) is 2. The standard InChI is InChI=1S/C8H7NO/c10-8-4-3-7-6(8)2-1-5-9-7/h1-4,9H,5H2. The summed E-state index contributed by atoms with van der Waals surface area (Å²) in [6.45, 7) is 0.830. The third kappa shape index (κ3) is 0.620. The first kappa shape index (κ1) is 5.47. The molecule has 2 heteroatoms. The Kier molecular flexibility index (Phi) is 1.01. The summed E-state index contributed by atoms with van der Waals surface area (Å²) in [5.74, 6) is 0.110. The molecule has 2 rings (SSSR count). The summed E-state index contributed by atoms with van der Waals surface area (Å²) in [5, 5.41) is 3.10. The second-order valence-corrected chi connectivity index (χ2v) is 2.31. The van der Waals surface area contributed by atoms with Crippen molar-refractivity contribution in [3.8, 4) is 0 Å². The van der Waals surface area contributed by atoms with Crippen molar-refractivity contribution in [2.75, 3.05) is 6.54 Å². The van der Waals surface area contributed by atoms with Crippen molar-refractivity contribution < 1.29 is 4.79 Å². The first-order chi connectivity index (χ1) is 4.88. The predicted molar refractivity (Wildman–Crippen MR) is 38.3 cm³/mol. The van der Waals surface area contributed by atoms with Gasteiger partial charge in [-0.2, -0.15) is 0 Å². The van der Waals surface area contributed by atoms with E-state index in [1.54, 1.807) is 6.08 Å². The molecule has 0 aromatic heterocycles. The van der Waals surface area contributed by atoms with E-state index in [2.05, 4.69) is 5.32 Å². The van der Waals surface area contributed by atoms with Gasteiger partial charge in [-0.05, 0) is 12.2 Å². The van der Waals surface area contributed by atoms with Gasteiger partial charge in [0.05, 0.1) is 0 Å². The van der Waals surface area contributed by atoms with E-state index in [9.17, 15) is 4.79 Å². The van der Waals surface area contributed by atoms with E-state index in [0.29, 0.717) is 0 Å². The van der Waals surface area contributed by atoms with Crippen molar-refractivity contribution in [1.29, 1.82) is 0 Å². The lowest BCUT2D eigenvalue weighted by Gasteiger charge is -2.08. The fraction of sp³-hybridized carbons (Fsp3) is 0.125. The molecule has 10 heavy (non-hydrogen) atoms. The number of carbonyl (C=O) groups is 1. The maximum Gasteiger partial charge on any atom is 0.187 e. The van der Waals surface area contributed by atoms with Crippen molar-refractivity contribution in [2.45, 2.75) is 0 Å². The summed E-state index contributed by atoms with van der Waals surface area (Å²) in [6, 6.07) is 0. The molecule has 0 unspecified atom stereocenters. The topological polar surface area (TPSA) is 29.1 Å². The van der Waals surface area contributed by atoms with Crippen LogP contribution in [-0.4, -0.2) is 12.3 Å². The molecule has 0 bridgehead atoms. The molecule has 0 saturated heterocycles. The molecule has 0 aromatic carbocycles. The molecule has 50 valence electrons. The normalized spacial score (nSPS) is 21.4. The van der Waals surface area contributed by atoms with Gasteiger partial charge in [-0.1, -0.05) is 12.2 Å². The highest BCUT2D eigenvalue weighted by atomic mass is 16.1. The largest absolute Gasteiger partial charge is 0.381 e. The average molecular weight is 133 g/mol. The molecule has 0 radical (unpaired) electrons. The Morgan fingerprint density at radius 3 is 3.00 bits per heavy atom. The molecule has 1 heterocycles. The Bertz CT molecular complexity index is 271. The number of hydrogen-bond donors (Lipinski definition) is 1. The van der Waals surface area contributed by atoms with Crippen LogP contribution in [0, 0.1) is 0 Å². The molecule has 1 aliphatic carbocycles. The molecule has 0 amide bonds. The van der Waals surface area contributed by atoms with Crippen LogP contribution in [-0.2, 0) is 4.79 Å². The molecule has 2 nitrogen and oxygen atoms in total. The van der Waals surface area contributed by atoms with Crippen molar-refractivity contribution in [3.63, 3.8) is 0 Å². The molecule has 0 fully saturated rings. The van der Waals surface area contributed by atoms with Gasteiger partial charge in [-0.3, -0.25) is 4.79 Å². The second-order valence-electron chi connectivity index (χ2n) is 2.31. The van der Waals surface area contributed by atoms with Gasteiger partial charge in [0.25, 0.3) is 0 Å². The van der Waals surface area contributed by atoms with Crippen molar-refractivity contribution >= 4 is 5.78 Å². The Labute approximate surface area is 58.9 Å². The molecular weight excluding hydrogens is 126 g/mol. The van der Waals surface area contributed by atoms with Crippen molar-refractivity contribution in [3.05, 3.63) is 35.6 Å². The van der Waals surface area contributed by atoms with Gasteiger partial charge in [0.2, 0.25) is 0 Å². The smallest absolute Gasteiger partial charge is 0.187 e. The minimum absolute atomic E-state index is 0.110. The van der Waals surface area contributed by atoms with Gasteiger partial charge in [-0.15, -0.1) is 0 Å². The molecular formula is C8H7NO. The number of carbonyl (C=O) groups excluding carboxylic acids is 1. The SMILES string of the molecule is O=C1C=CC2=C1C=CCN2. The minimum atomic E-state index is 0.110. The first-order valence-electron chi connectivity index (χ1n) is 3.25. The summed E-state index contributed by atoms with van der Waals surface area (Å²) < 4.78 is 0. The average Bonchev–Trinajstić information content (AvgIpc) is 2.34. The molecule has 2 aliphatic rings. The van der Waals surface area contributed by atoms with E-state index in [1.807, 2.05) is 18.2 Å². The summed E-state index contributed by atoms with van der Waals surface area (Å²) in [4.78, 5) is 11.0. The highest BCUT2D eigenvalue weighted by molar-refractivity contribution is 6.10. The molecule has 1 aliphatic heterocycles. The van der Waals surface area contributed by atoms with Gasteiger partial charge < -0.3 is 5.32 Å². The van der Waals surface area contributed by atoms with E-state index in [-0.39, 0.29) is 5.78 Å². The number of dihydropyridines is 1. The molecule has 0 spiro atoms. The van der Waals surface area contributed by atoms with Gasteiger partial charge in [0.1, 0.15) is 0 Å². The monoisotopic (exact) mass is 133 g/mol. The maximum absolute atomic E-state index is 11.0. The van der Waals surface area contributed by atoms with Gasteiger partial charge in [0, 0.05) is 17.8 Å². The van der Waals surface area contributed by atoms with Crippen LogP contribution >= 0.6 is 0 Å². The van der Waals surface area contributed by atoms with Crippen LogP contribution in [0.4, 0.5) is 0 Å². The fourth-order valence-electron chi connectivity index (χ4n) is 1.14. The third-order valence-corrected chi connectivity index (χ3v) is 1.65. The molecule has 0 saturated carbocycles.